The number of hydrogen-bond acceptors (Lipinski definition) is 6. The highest BCUT2D eigenvalue weighted by atomic mass is 16.2. The van der Waals surface area contributed by atoms with Gasteiger partial charge in [0.25, 0.3) is 0 Å². The Morgan fingerprint density at radius 3 is 2.67 bits per heavy atom. The van der Waals surface area contributed by atoms with Gasteiger partial charge in [0, 0.05) is 31.6 Å². The molecule has 140 valence electrons. The van der Waals surface area contributed by atoms with Crippen LogP contribution in [0.15, 0.2) is 42.6 Å². The third kappa shape index (κ3) is 4.75. The maximum atomic E-state index is 12.7. The molecular weight excluding hydrogens is 342 g/mol. The first kappa shape index (κ1) is 18.7. The Morgan fingerprint density at radius 1 is 1.26 bits per heavy atom. The predicted molar refractivity (Wildman–Crippen MR) is 103 cm³/mol. The van der Waals surface area contributed by atoms with Crippen LogP contribution in [0.1, 0.15) is 41.4 Å². The molecule has 1 amide bonds. The lowest BCUT2D eigenvalue weighted by Gasteiger charge is -2.32. The summed E-state index contributed by atoms with van der Waals surface area (Å²) >= 11 is 0. The quantitative estimate of drug-likeness (QED) is 0.580. The zero-order valence-electron chi connectivity index (χ0n) is 15.0. The topological polar surface area (TPSA) is 99.0 Å². The number of hydrogen-bond donors (Lipinski definition) is 2. The molecule has 2 aromatic rings. The lowest BCUT2D eigenvalue weighted by atomic mass is 9.94. The summed E-state index contributed by atoms with van der Waals surface area (Å²) in [7, 11) is 0. The summed E-state index contributed by atoms with van der Waals surface area (Å²) in [6.07, 6.45) is 5.49. The Bertz CT molecular complexity index is 788. The maximum absolute atomic E-state index is 12.7. The van der Waals surface area contributed by atoms with Crippen molar-refractivity contribution in [3.05, 3.63) is 53.9 Å². The molecule has 0 aliphatic carbocycles. The van der Waals surface area contributed by atoms with Crippen LogP contribution in [0.5, 0.6) is 0 Å². The van der Waals surface area contributed by atoms with E-state index in [0.717, 1.165) is 5.56 Å². The number of amides is 1. The number of aldehydes is 1. The third-order valence-electron chi connectivity index (χ3n) is 4.81. The fraction of sp³-hybridized carbons (Fsp3) is 0.350. The minimum absolute atomic E-state index is 0.0212. The fourth-order valence-corrected chi connectivity index (χ4v) is 3.29. The molecular formula is C20H23N5O2. The number of carbonyl (C=O) groups is 2. The van der Waals surface area contributed by atoms with E-state index in [4.69, 9.17) is 5.41 Å². The van der Waals surface area contributed by atoms with E-state index in [9.17, 15) is 9.59 Å². The van der Waals surface area contributed by atoms with E-state index in [2.05, 4.69) is 15.3 Å². The lowest BCUT2D eigenvalue weighted by molar-refractivity contribution is -0.126. The molecule has 7 heteroatoms. The monoisotopic (exact) mass is 365 g/mol. The largest absolute Gasteiger partial charge is 0.349 e. The first-order chi connectivity index (χ1) is 13.2. The molecule has 1 aromatic carbocycles. The highest BCUT2D eigenvalue weighted by Gasteiger charge is 2.27. The first-order valence-corrected chi connectivity index (χ1v) is 9.08. The van der Waals surface area contributed by atoms with Crippen LogP contribution in [0.3, 0.4) is 0 Å². The average molecular weight is 365 g/mol. The molecule has 1 aliphatic rings. The van der Waals surface area contributed by atoms with Gasteiger partial charge in [-0.1, -0.05) is 30.3 Å². The molecule has 1 saturated heterocycles. The molecule has 0 radical (unpaired) electrons. The van der Waals surface area contributed by atoms with Crippen LogP contribution in [-0.4, -0.2) is 41.5 Å². The molecule has 1 aliphatic heterocycles. The van der Waals surface area contributed by atoms with Gasteiger partial charge in [0.05, 0.1) is 6.04 Å². The van der Waals surface area contributed by atoms with Crippen LogP contribution in [0, 0.1) is 11.3 Å². The number of carbonyl (C=O) groups excluding carboxylic acids is 2. The molecule has 0 saturated carbocycles. The number of rotatable bonds is 7. The second-order valence-electron chi connectivity index (χ2n) is 6.57. The maximum Gasteiger partial charge on any atom is 0.225 e. The molecule has 1 aromatic heterocycles. The van der Waals surface area contributed by atoms with Gasteiger partial charge in [-0.25, -0.2) is 9.97 Å². The second kappa shape index (κ2) is 9.02. The zero-order chi connectivity index (χ0) is 19.1. The molecule has 1 fully saturated rings. The van der Waals surface area contributed by atoms with Gasteiger partial charge in [0.2, 0.25) is 11.9 Å². The van der Waals surface area contributed by atoms with Crippen molar-refractivity contribution in [3.63, 3.8) is 0 Å². The summed E-state index contributed by atoms with van der Waals surface area (Å²) in [5, 5.41) is 10.5. The molecule has 0 unspecified atom stereocenters. The van der Waals surface area contributed by atoms with E-state index >= 15 is 0 Å². The summed E-state index contributed by atoms with van der Waals surface area (Å²) in [4.78, 5) is 34.0. The van der Waals surface area contributed by atoms with E-state index in [1.54, 1.807) is 12.3 Å². The second-order valence-corrected chi connectivity index (χ2v) is 6.57. The van der Waals surface area contributed by atoms with Crippen molar-refractivity contribution >= 4 is 24.4 Å². The van der Waals surface area contributed by atoms with E-state index in [-0.39, 0.29) is 17.9 Å². The lowest BCUT2D eigenvalue weighted by Crippen LogP contribution is -2.42. The Morgan fingerprint density at radius 2 is 2.00 bits per heavy atom. The third-order valence-corrected chi connectivity index (χ3v) is 4.81. The van der Waals surface area contributed by atoms with Gasteiger partial charge < -0.3 is 15.6 Å². The van der Waals surface area contributed by atoms with Gasteiger partial charge in [0.15, 0.2) is 6.29 Å². The minimum atomic E-state index is -0.179. The molecule has 7 nitrogen and oxygen atoms in total. The molecule has 27 heavy (non-hydrogen) atoms. The summed E-state index contributed by atoms with van der Waals surface area (Å²) in [5.74, 6) is 0.477. The van der Waals surface area contributed by atoms with Crippen molar-refractivity contribution in [2.24, 2.45) is 5.92 Å². The Kier molecular flexibility index (Phi) is 6.25. The molecule has 2 N–H and O–H groups in total. The highest BCUT2D eigenvalue weighted by molar-refractivity contribution is 5.80. The number of piperidine rings is 1. The van der Waals surface area contributed by atoms with Crippen LogP contribution in [0.25, 0.3) is 0 Å². The van der Waals surface area contributed by atoms with Crippen molar-refractivity contribution < 1.29 is 9.59 Å². The van der Waals surface area contributed by atoms with E-state index < -0.39 is 0 Å². The van der Waals surface area contributed by atoms with Crippen LogP contribution < -0.4 is 10.2 Å². The smallest absolute Gasteiger partial charge is 0.225 e. The van der Waals surface area contributed by atoms with Crippen LogP contribution in [-0.2, 0) is 4.79 Å². The summed E-state index contributed by atoms with van der Waals surface area (Å²) in [6, 6.07) is 11.1. The van der Waals surface area contributed by atoms with Gasteiger partial charge in [-0.05, 0) is 30.7 Å². The van der Waals surface area contributed by atoms with Crippen molar-refractivity contribution in [1.29, 1.82) is 5.41 Å². The van der Waals surface area contributed by atoms with E-state index in [1.807, 2.05) is 35.2 Å². The van der Waals surface area contributed by atoms with E-state index in [1.165, 1.54) is 6.21 Å². The number of aromatic nitrogens is 2. The molecule has 0 spiro atoms. The molecule has 0 bridgehead atoms. The van der Waals surface area contributed by atoms with Crippen LogP contribution in [0.2, 0.25) is 0 Å². The molecule has 2 heterocycles. The minimum Gasteiger partial charge on any atom is -0.349 e. The van der Waals surface area contributed by atoms with E-state index in [0.29, 0.717) is 50.3 Å². The number of nitrogens with one attached hydrogen (secondary N) is 2. The van der Waals surface area contributed by atoms with Gasteiger partial charge in [-0.3, -0.25) is 9.59 Å². The highest BCUT2D eigenvalue weighted by Crippen LogP contribution is 2.23. The Hall–Kier alpha value is -3.09. The Labute approximate surface area is 158 Å². The number of anilines is 1. The van der Waals surface area contributed by atoms with Crippen molar-refractivity contribution in [3.8, 4) is 0 Å². The fourth-order valence-electron chi connectivity index (χ4n) is 3.29. The standard InChI is InChI=1S/C20H23N5O2/c21-10-6-18(15-4-2-1-3-5-15)24-19(27)16-8-12-25(13-9-16)20-22-11-7-17(14-26)23-20/h1-5,7,10-11,14,16,18,21H,6,8-9,12-13H2,(H,24,27)/t18-/m0/s1. The Balaban J connectivity index is 1.59. The normalized spacial score (nSPS) is 15.8. The van der Waals surface area contributed by atoms with Crippen LogP contribution in [0.4, 0.5) is 5.95 Å². The first-order valence-electron chi connectivity index (χ1n) is 9.08. The SMILES string of the molecule is N=CC[C@H](NC(=O)C1CCN(c2nccc(C=O)n2)CC1)c1ccccc1. The van der Waals surface area contributed by atoms with Gasteiger partial charge in [-0.15, -0.1) is 0 Å². The molecule has 1 atom stereocenters. The van der Waals surface area contributed by atoms with Crippen molar-refractivity contribution in [1.82, 2.24) is 15.3 Å². The zero-order valence-corrected chi connectivity index (χ0v) is 15.0. The van der Waals surface area contributed by atoms with Gasteiger partial charge in [-0.2, -0.15) is 0 Å². The molecule has 3 rings (SSSR count). The van der Waals surface area contributed by atoms with Gasteiger partial charge >= 0.3 is 0 Å². The van der Waals surface area contributed by atoms with Crippen LogP contribution >= 0.6 is 0 Å². The average Bonchev–Trinajstić information content (AvgIpc) is 2.74. The predicted octanol–water partition coefficient (Wildman–Crippen LogP) is 2.40. The summed E-state index contributed by atoms with van der Waals surface area (Å²) in [6.45, 7) is 1.34. The van der Waals surface area contributed by atoms with Crippen molar-refractivity contribution in [2.45, 2.75) is 25.3 Å². The number of benzene rings is 1. The van der Waals surface area contributed by atoms with Gasteiger partial charge in [0.1, 0.15) is 5.69 Å². The van der Waals surface area contributed by atoms with Crippen molar-refractivity contribution in [2.75, 3.05) is 18.0 Å². The number of nitrogens with zero attached hydrogens (tertiary/aromatic N) is 3. The summed E-state index contributed by atoms with van der Waals surface area (Å²) < 4.78 is 0. The summed E-state index contributed by atoms with van der Waals surface area (Å²) in [5.41, 5.74) is 1.36.